The third kappa shape index (κ3) is 5.48. The highest BCUT2D eigenvalue weighted by Crippen LogP contribution is 2.29. The molecule has 29 heavy (non-hydrogen) atoms. The lowest BCUT2D eigenvalue weighted by molar-refractivity contribution is -0.384. The molecule has 1 aromatic heterocycles. The monoisotopic (exact) mass is 402 g/mol. The zero-order valence-corrected chi connectivity index (χ0v) is 15.7. The van der Waals surface area contributed by atoms with Gasteiger partial charge in [-0.3, -0.25) is 31.1 Å². The second-order valence-electron chi connectivity index (χ2n) is 6.56. The second-order valence-corrected chi connectivity index (χ2v) is 6.56. The fraction of sp³-hybridized carbons (Fsp3) is 0.412. The molecular formula is C17H22N8O4. The van der Waals surface area contributed by atoms with Crippen molar-refractivity contribution in [3.8, 4) is 0 Å². The van der Waals surface area contributed by atoms with Gasteiger partial charge in [0.1, 0.15) is 6.33 Å². The molecule has 1 aliphatic heterocycles. The van der Waals surface area contributed by atoms with Crippen molar-refractivity contribution in [1.82, 2.24) is 14.9 Å². The van der Waals surface area contributed by atoms with Crippen LogP contribution in [-0.4, -0.2) is 50.9 Å². The van der Waals surface area contributed by atoms with Gasteiger partial charge in [0.2, 0.25) is 11.6 Å². The standard InChI is InChI=1S/C17H22N8O4/c26-24(27)14-6-4-13(5-7-14)21-22-17-15(25(28)29)16(19-12-20-17)18-8-11-23-9-2-1-3-10-23/h4-7,12,21H,1-3,8-11H2,(H2,18,19,20,22). The van der Waals surface area contributed by atoms with E-state index in [1.807, 2.05) is 0 Å². The van der Waals surface area contributed by atoms with Gasteiger partial charge in [-0.15, -0.1) is 0 Å². The Kier molecular flexibility index (Phi) is 6.68. The minimum absolute atomic E-state index is 0.0103. The quantitative estimate of drug-likeness (QED) is 0.421. The summed E-state index contributed by atoms with van der Waals surface area (Å²) in [6.45, 7) is 3.40. The molecule has 1 saturated heterocycles. The zero-order valence-electron chi connectivity index (χ0n) is 15.7. The van der Waals surface area contributed by atoms with Crippen LogP contribution in [0.3, 0.4) is 0 Å². The van der Waals surface area contributed by atoms with Crippen molar-refractivity contribution < 1.29 is 9.85 Å². The summed E-state index contributed by atoms with van der Waals surface area (Å²) in [6, 6.07) is 5.61. The molecule has 3 rings (SSSR count). The number of anilines is 3. The van der Waals surface area contributed by atoms with E-state index in [0.717, 1.165) is 19.6 Å². The number of benzene rings is 1. The molecule has 0 aliphatic carbocycles. The van der Waals surface area contributed by atoms with Gasteiger partial charge in [0, 0.05) is 25.2 Å². The Morgan fingerprint density at radius 3 is 2.28 bits per heavy atom. The molecule has 3 N–H and O–H groups in total. The van der Waals surface area contributed by atoms with Gasteiger partial charge >= 0.3 is 5.69 Å². The number of piperidine rings is 1. The predicted molar refractivity (Wildman–Crippen MR) is 108 cm³/mol. The third-order valence-corrected chi connectivity index (χ3v) is 4.58. The Labute approximate surface area is 166 Å². The summed E-state index contributed by atoms with van der Waals surface area (Å²) in [6.07, 6.45) is 4.83. The van der Waals surface area contributed by atoms with Gasteiger partial charge in [0.05, 0.1) is 15.5 Å². The summed E-state index contributed by atoms with van der Waals surface area (Å²) in [5, 5.41) is 25.3. The lowest BCUT2D eigenvalue weighted by Crippen LogP contribution is -2.33. The molecule has 1 fully saturated rings. The number of rotatable bonds is 9. The summed E-state index contributed by atoms with van der Waals surface area (Å²) in [4.78, 5) is 31.5. The number of nitrogens with one attached hydrogen (secondary N) is 3. The highest BCUT2D eigenvalue weighted by Gasteiger charge is 2.23. The number of nitro benzene ring substituents is 1. The van der Waals surface area contributed by atoms with Crippen molar-refractivity contribution in [3.63, 3.8) is 0 Å². The molecular weight excluding hydrogens is 380 g/mol. The zero-order chi connectivity index (χ0) is 20.6. The number of hydrogen-bond acceptors (Lipinski definition) is 10. The highest BCUT2D eigenvalue weighted by molar-refractivity contribution is 5.70. The maximum atomic E-state index is 11.6. The summed E-state index contributed by atoms with van der Waals surface area (Å²) in [5.41, 5.74) is 5.59. The predicted octanol–water partition coefficient (Wildman–Crippen LogP) is 2.63. The van der Waals surface area contributed by atoms with Crippen molar-refractivity contribution in [2.24, 2.45) is 0 Å². The third-order valence-electron chi connectivity index (χ3n) is 4.58. The lowest BCUT2D eigenvalue weighted by Gasteiger charge is -2.26. The topological polar surface area (TPSA) is 151 Å². The Morgan fingerprint density at radius 2 is 1.62 bits per heavy atom. The fourth-order valence-electron chi connectivity index (χ4n) is 3.09. The first kappa shape index (κ1) is 20.2. The fourth-order valence-corrected chi connectivity index (χ4v) is 3.09. The molecule has 0 spiro atoms. The first-order valence-electron chi connectivity index (χ1n) is 9.26. The van der Waals surface area contributed by atoms with Gasteiger partial charge in [-0.2, -0.15) is 0 Å². The average molecular weight is 402 g/mol. The summed E-state index contributed by atoms with van der Waals surface area (Å²) < 4.78 is 0. The molecule has 0 unspecified atom stereocenters. The summed E-state index contributed by atoms with van der Waals surface area (Å²) in [5.74, 6) is 0.124. The summed E-state index contributed by atoms with van der Waals surface area (Å²) in [7, 11) is 0. The molecule has 1 aromatic carbocycles. The Morgan fingerprint density at radius 1 is 0.931 bits per heavy atom. The molecule has 0 amide bonds. The van der Waals surface area contributed by atoms with Crippen molar-refractivity contribution in [2.45, 2.75) is 19.3 Å². The van der Waals surface area contributed by atoms with Crippen LogP contribution in [0.5, 0.6) is 0 Å². The average Bonchev–Trinajstić information content (AvgIpc) is 2.73. The number of aromatic nitrogens is 2. The van der Waals surface area contributed by atoms with E-state index >= 15 is 0 Å². The van der Waals surface area contributed by atoms with E-state index in [-0.39, 0.29) is 23.0 Å². The maximum Gasteiger partial charge on any atom is 0.354 e. The Balaban J connectivity index is 1.64. The highest BCUT2D eigenvalue weighted by atomic mass is 16.6. The first-order chi connectivity index (χ1) is 14.0. The van der Waals surface area contributed by atoms with Crippen molar-refractivity contribution >= 4 is 28.7 Å². The largest absolute Gasteiger partial charge is 0.363 e. The van der Waals surface area contributed by atoms with E-state index in [0.29, 0.717) is 12.2 Å². The summed E-state index contributed by atoms with van der Waals surface area (Å²) >= 11 is 0. The van der Waals surface area contributed by atoms with Gasteiger partial charge in [-0.05, 0) is 38.1 Å². The molecule has 12 nitrogen and oxygen atoms in total. The molecule has 12 heteroatoms. The van der Waals surface area contributed by atoms with Crippen LogP contribution in [0.25, 0.3) is 0 Å². The van der Waals surface area contributed by atoms with Crippen molar-refractivity contribution in [3.05, 3.63) is 50.8 Å². The van der Waals surface area contributed by atoms with E-state index in [1.54, 1.807) is 0 Å². The van der Waals surface area contributed by atoms with Gasteiger partial charge < -0.3 is 10.2 Å². The van der Waals surface area contributed by atoms with Gasteiger partial charge in [-0.25, -0.2) is 9.97 Å². The molecule has 0 radical (unpaired) electrons. The number of hydrazine groups is 1. The van der Waals surface area contributed by atoms with E-state index in [1.165, 1.54) is 49.9 Å². The Bertz CT molecular complexity index is 855. The van der Waals surface area contributed by atoms with E-state index in [2.05, 4.69) is 31.0 Å². The van der Waals surface area contributed by atoms with Gasteiger partial charge in [0.15, 0.2) is 0 Å². The second kappa shape index (κ2) is 9.59. The van der Waals surface area contributed by atoms with Crippen LogP contribution in [0, 0.1) is 20.2 Å². The number of nitrogens with zero attached hydrogens (tertiary/aromatic N) is 5. The van der Waals surface area contributed by atoms with E-state index < -0.39 is 9.85 Å². The molecule has 154 valence electrons. The van der Waals surface area contributed by atoms with Crippen LogP contribution in [0.1, 0.15) is 19.3 Å². The van der Waals surface area contributed by atoms with Crippen LogP contribution >= 0.6 is 0 Å². The molecule has 0 saturated carbocycles. The SMILES string of the molecule is O=[N+]([O-])c1ccc(NNc2ncnc(NCCN3CCCCC3)c2[N+](=O)[O-])cc1. The van der Waals surface area contributed by atoms with Crippen LogP contribution in [0.2, 0.25) is 0 Å². The minimum atomic E-state index is -0.553. The van der Waals surface area contributed by atoms with E-state index in [4.69, 9.17) is 0 Å². The van der Waals surface area contributed by atoms with Crippen LogP contribution in [0.15, 0.2) is 30.6 Å². The van der Waals surface area contributed by atoms with Crippen molar-refractivity contribution in [2.75, 3.05) is 42.3 Å². The van der Waals surface area contributed by atoms with Crippen LogP contribution in [0.4, 0.5) is 28.7 Å². The molecule has 2 heterocycles. The smallest absolute Gasteiger partial charge is 0.354 e. The normalized spacial score (nSPS) is 14.2. The van der Waals surface area contributed by atoms with Crippen molar-refractivity contribution in [1.29, 1.82) is 0 Å². The molecule has 2 aromatic rings. The molecule has 0 bridgehead atoms. The number of hydrogen-bond donors (Lipinski definition) is 3. The first-order valence-corrected chi connectivity index (χ1v) is 9.26. The van der Waals surface area contributed by atoms with E-state index in [9.17, 15) is 20.2 Å². The van der Waals surface area contributed by atoms with Gasteiger partial charge in [-0.1, -0.05) is 6.42 Å². The number of non-ortho nitro benzene ring substituents is 1. The molecule has 1 aliphatic rings. The number of likely N-dealkylation sites (tertiary alicyclic amines) is 1. The van der Waals surface area contributed by atoms with Gasteiger partial charge in [0.25, 0.3) is 5.69 Å². The molecule has 0 atom stereocenters. The van der Waals surface area contributed by atoms with Crippen LogP contribution in [-0.2, 0) is 0 Å². The maximum absolute atomic E-state index is 11.6. The minimum Gasteiger partial charge on any atom is -0.363 e. The Hall–Kier alpha value is -3.54. The van der Waals surface area contributed by atoms with Crippen LogP contribution < -0.4 is 16.2 Å². The lowest BCUT2D eigenvalue weighted by atomic mass is 10.1. The number of nitro groups is 2.